The van der Waals surface area contributed by atoms with Crippen molar-refractivity contribution in [3.63, 3.8) is 0 Å². The number of alkyl halides is 3. The van der Waals surface area contributed by atoms with E-state index in [1.807, 2.05) is 0 Å². The molecule has 3 nitrogen and oxygen atoms in total. The molecule has 1 N–H and O–H groups in total. The molecule has 1 heterocycles. The van der Waals surface area contributed by atoms with Gasteiger partial charge in [-0.3, -0.25) is 0 Å². The molecule has 0 amide bonds. The van der Waals surface area contributed by atoms with Gasteiger partial charge in [0.1, 0.15) is 17.6 Å². The summed E-state index contributed by atoms with van der Waals surface area (Å²) in [5, 5.41) is 20.1. The lowest BCUT2D eigenvalue weighted by Crippen LogP contribution is -2.10. The summed E-state index contributed by atoms with van der Waals surface area (Å²) in [5.74, 6) is -0.541. The molecule has 0 bridgehead atoms. The van der Waals surface area contributed by atoms with Crippen LogP contribution >= 0.6 is 0 Å². The molecular weight excluding hydrogens is 336 g/mol. The Morgan fingerprint density at radius 1 is 1.08 bits per heavy atom. The molecule has 0 radical (unpaired) electrons. The fourth-order valence-corrected chi connectivity index (χ4v) is 2.58. The highest BCUT2D eigenvalue weighted by Gasteiger charge is 2.34. The van der Waals surface area contributed by atoms with Gasteiger partial charge in [-0.2, -0.15) is 18.4 Å². The summed E-state index contributed by atoms with van der Waals surface area (Å²) in [7, 11) is 0. The lowest BCUT2D eigenvalue weighted by atomic mass is 10.0. The number of phenols is 1. The second-order valence-electron chi connectivity index (χ2n) is 5.42. The first-order valence-corrected chi connectivity index (χ1v) is 7.17. The maximum Gasteiger partial charge on any atom is 0.419 e. The number of pyridine rings is 1. The predicted molar refractivity (Wildman–Crippen MR) is 82.3 cm³/mol. The molecule has 126 valence electrons. The van der Waals surface area contributed by atoms with Crippen LogP contribution in [0.5, 0.6) is 5.75 Å². The molecule has 0 aliphatic rings. The number of benzene rings is 2. The van der Waals surface area contributed by atoms with Gasteiger partial charge in [-0.05, 0) is 35.7 Å². The second kappa shape index (κ2) is 6.06. The van der Waals surface area contributed by atoms with Crippen LogP contribution in [0.3, 0.4) is 0 Å². The van der Waals surface area contributed by atoms with Crippen LogP contribution in [0, 0.1) is 17.1 Å². The average Bonchev–Trinajstić information content (AvgIpc) is 2.56. The van der Waals surface area contributed by atoms with Gasteiger partial charge >= 0.3 is 6.18 Å². The van der Waals surface area contributed by atoms with Gasteiger partial charge in [-0.25, -0.2) is 9.37 Å². The average molecular weight is 346 g/mol. The molecule has 1 aromatic heterocycles. The van der Waals surface area contributed by atoms with Gasteiger partial charge in [0.15, 0.2) is 5.69 Å². The molecule has 0 atom stereocenters. The number of nitriles is 1. The standard InChI is InChI=1S/C18H10F4N2O/c19-12-3-5-14-10(7-12)1-2-11(17(14)25)8-13-4-6-15(18(20,21)22)16(9-23)24-13/h1-7,25H,8H2. The van der Waals surface area contributed by atoms with Crippen molar-refractivity contribution in [3.8, 4) is 11.8 Å². The van der Waals surface area contributed by atoms with Gasteiger partial charge in [0.25, 0.3) is 0 Å². The van der Waals surface area contributed by atoms with Crippen molar-refractivity contribution in [2.75, 3.05) is 0 Å². The van der Waals surface area contributed by atoms with Crippen LogP contribution in [-0.2, 0) is 12.6 Å². The Balaban J connectivity index is 2.01. The normalized spacial score (nSPS) is 11.5. The Hall–Kier alpha value is -3.14. The number of fused-ring (bicyclic) bond motifs is 1. The highest BCUT2D eigenvalue weighted by molar-refractivity contribution is 5.89. The topological polar surface area (TPSA) is 56.9 Å². The maximum atomic E-state index is 13.2. The Bertz CT molecular complexity index is 1010. The SMILES string of the molecule is N#Cc1nc(Cc2ccc3cc(F)ccc3c2O)ccc1C(F)(F)F. The maximum absolute atomic E-state index is 13.2. The summed E-state index contributed by atoms with van der Waals surface area (Å²) in [6.45, 7) is 0. The van der Waals surface area contributed by atoms with E-state index in [9.17, 15) is 22.7 Å². The van der Waals surface area contributed by atoms with E-state index in [2.05, 4.69) is 4.98 Å². The molecule has 0 saturated heterocycles. The smallest absolute Gasteiger partial charge is 0.419 e. The molecule has 0 aliphatic heterocycles. The van der Waals surface area contributed by atoms with E-state index < -0.39 is 23.3 Å². The van der Waals surface area contributed by atoms with Crippen molar-refractivity contribution < 1.29 is 22.7 Å². The minimum Gasteiger partial charge on any atom is -0.507 e. The fraction of sp³-hybridized carbons (Fsp3) is 0.111. The first kappa shape index (κ1) is 16.7. The monoisotopic (exact) mass is 346 g/mol. The van der Waals surface area contributed by atoms with E-state index >= 15 is 0 Å². The number of hydrogen-bond donors (Lipinski definition) is 1. The van der Waals surface area contributed by atoms with Gasteiger partial charge in [-0.15, -0.1) is 0 Å². The van der Waals surface area contributed by atoms with Gasteiger partial charge in [0.2, 0.25) is 0 Å². The van der Waals surface area contributed by atoms with Crippen molar-refractivity contribution >= 4 is 10.8 Å². The number of nitrogens with zero attached hydrogens (tertiary/aromatic N) is 2. The molecule has 3 rings (SSSR count). The molecule has 0 spiro atoms. The lowest BCUT2D eigenvalue weighted by molar-refractivity contribution is -0.138. The molecule has 0 aliphatic carbocycles. The summed E-state index contributed by atoms with van der Waals surface area (Å²) in [6.07, 6.45) is -4.63. The summed E-state index contributed by atoms with van der Waals surface area (Å²) in [4.78, 5) is 3.74. The van der Waals surface area contributed by atoms with Crippen LogP contribution in [0.15, 0.2) is 42.5 Å². The third-order valence-electron chi connectivity index (χ3n) is 3.77. The Morgan fingerprint density at radius 3 is 2.52 bits per heavy atom. The van der Waals surface area contributed by atoms with Crippen LogP contribution in [0.4, 0.5) is 17.6 Å². The third-order valence-corrected chi connectivity index (χ3v) is 3.77. The Kier molecular flexibility index (Phi) is 4.05. The quantitative estimate of drug-likeness (QED) is 0.692. The van der Waals surface area contributed by atoms with Crippen LogP contribution in [0.2, 0.25) is 0 Å². The van der Waals surface area contributed by atoms with Crippen molar-refractivity contribution in [2.24, 2.45) is 0 Å². The van der Waals surface area contributed by atoms with Crippen molar-refractivity contribution in [3.05, 3.63) is 70.8 Å². The number of halogens is 4. The number of hydrogen-bond acceptors (Lipinski definition) is 3. The number of aromatic nitrogens is 1. The van der Waals surface area contributed by atoms with Crippen molar-refractivity contribution in [2.45, 2.75) is 12.6 Å². The molecular formula is C18H10F4N2O. The summed E-state index contributed by atoms with van der Waals surface area (Å²) >= 11 is 0. The third kappa shape index (κ3) is 3.24. The molecule has 2 aromatic carbocycles. The van der Waals surface area contributed by atoms with Crippen molar-refractivity contribution in [1.29, 1.82) is 5.26 Å². The largest absolute Gasteiger partial charge is 0.507 e. The Labute approximate surface area is 139 Å². The van der Waals surface area contributed by atoms with E-state index in [0.717, 1.165) is 12.1 Å². The molecule has 0 fully saturated rings. The van der Waals surface area contributed by atoms with Crippen LogP contribution in [-0.4, -0.2) is 10.1 Å². The first-order valence-electron chi connectivity index (χ1n) is 7.17. The van der Waals surface area contributed by atoms with Gasteiger partial charge < -0.3 is 5.11 Å². The highest BCUT2D eigenvalue weighted by atomic mass is 19.4. The minimum absolute atomic E-state index is 0.0337. The zero-order valence-electron chi connectivity index (χ0n) is 12.6. The van der Waals surface area contributed by atoms with Gasteiger partial charge in [0.05, 0.1) is 5.56 Å². The highest BCUT2D eigenvalue weighted by Crippen LogP contribution is 2.33. The van der Waals surface area contributed by atoms with Crippen LogP contribution in [0.25, 0.3) is 10.8 Å². The zero-order valence-corrected chi connectivity index (χ0v) is 12.6. The lowest BCUT2D eigenvalue weighted by Gasteiger charge is -2.11. The molecule has 0 saturated carbocycles. The minimum atomic E-state index is -4.66. The Morgan fingerprint density at radius 2 is 1.84 bits per heavy atom. The van der Waals surface area contributed by atoms with E-state index in [1.165, 1.54) is 24.3 Å². The second-order valence-corrected chi connectivity index (χ2v) is 5.42. The summed E-state index contributed by atoms with van der Waals surface area (Å²) in [6, 6.07) is 10.4. The van der Waals surface area contributed by atoms with Gasteiger partial charge in [0, 0.05) is 23.1 Å². The summed E-state index contributed by atoms with van der Waals surface area (Å²) < 4.78 is 51.6. The van der Waals surface area contributed by atoms with E-state index in [1.54, 1.807) is 12.1 Å². The van der Waals surface area contributed by atoms with Crippen LogP contribution in [0.1, 0.15) is 22.5 Å². The molecule has 7 heteroatoms. The van der Waals surface area contributed by atoms with E-state index in [-0.39, 0.29) is 17.9 Å². The number of phenolic OH excluding ortho intramolecular Hbond substituents is 1. The van der Waals surface area contributed by atoms with Crippen molar-refractivity contribution in [1.82, 2.24) is 4.98 Å². The predicted octanol–water partition coefficient (Wildman–Crippen LogP) is 4.56. The van der Waals surface area contributed by atoms with E-state index in [4.69, 9.17) is 5.26 Å². The number of aromatic hydroxyl groups is 1. The zero-order chi connectivity index (χ0) is 18.2. The van der Waals surface area contributed by atoms with E-state index in [0.29, 0.717) is 16.3 Å². The summed E-state index contributed by atoms with van der Waals surface area (Å²) in [5.41, 5.74) is -1.19. The molecule has 25 heavy (non-hydrogen) atoms. The van der Waals surface area contributed by atoms with Crippen LogP contribution < -0.4 is 0 Å². The molecule has 3 aromatic rings. The first-order chi connectivity index (χ1) is 11.8. The number of rotatable bonds is 2. The van der Waals surface area contributed by atoms with Gasteiger partial charge in [-0.1, -0.05) is 12.1 Å². The fourth-order valence-electron chi connectivity index (χ4n) is 2.58. The molecule has 0 unspecified atom stereocenters.